The van der Waals surface area contributed by atoms with Gasteiger partial charge in [0, 0.05) is 15.6 Å². The number of anilines is 1. The van der Waals surface area contributed by atoms with Crippen LogP contribution >= 0.6 is 23.2 Å². The molecule has 0 amide bonds. The molecule has 0 saturated heterocycles. The molecule has 0 aliphatic heterocycles. The van der Waals surface area contributed by atoms with Gasteiger partial charge in [0.1, 0.15) is 6.33 Å². The predicted octanol–water partition coefficient (Wildman–Crippen LogP) is 4.36. The summed E-state index contributed by atoms with van der Waals surface area (Å²) in [7, 11) is -3.81. The van der Waals surface area contributed by atoms with Crippen LogP contribution in [0.1, 0.15) is 22.3 Å². The number of hydrogen-bond donors (Lipinski definition) is 1. The molecule has 27 heavy (non-hydrogen) atoms. The van der Waals surface area contributed by atoms with E-state index in [1.807, 2.05) is 19.1 Å². The van der Waals surface area contributed by atoms with E-state index in [2.05, 4.69) is 14.8 Å². The summed E-state index contributed by atoms with van der Waals surface area (Å²) in [5, 5.41) is 5.18. The molecule has 0 spiro atoms. The molecular weight excluding hydrogens is 407 g/mol. The minimum Gasteiger partial charge on any atom is -0.246 e. The Bertz CT molecular complexity index is 1070. The fourth-order valence-corrected chi connectivity index (χ4v) is 4.94. The SMILES string of the molecule is Cc1cc(C)c(S(=O)(=O)Nc2ncn(Cc3c(Cl)cccc3Cl)n2)c(C)c1. The van der Waals surface area contributed by atoms with Crippen LogP contribution in [-0.4, -0.2) is 23.2 Å². The Morgan fingerprint density at radius 1 is 1.07 bits per heavy atom. The second-order valence-electron chi connectivity index (χ2n) is 6.30. The fourth-order valence-electron chi connectivity index (χ4n) is 3.02. The molecule has 2 aromatic carbocycles. The van der Waals surface area contributed by atoms with E-state index in [0.29, 0.717) is 26.7 Å². The summed E-state index contributed by atoms with van der Waals surface area (Å²) in [5.74, 6) is -0.0162. The monoisotopic (exact) mass is 424 g/mol. The molecule has 0 atom stereocenters. The summed E-state index contributed by atoms with van der Waals surface area (Å²) in [6.07, 6.45) is 1.42. The normalized spacial score (nSPS) is 11.6. The first-order valence-corrected chi connectivity index (χ1v) is 10.3. The van der Waals surface area contributed by atoms with Gasteiger partial charge in [-0.3, -0.25) is 0 Å². The van der Waals surface area contributed by atoms with Crippen LogP contribution in [0.5, 0.6) is 0 Å². The highest BCUT2D eigenvalue weighted by atomic mass is 35.5. The Balaban J connectivity index is 1.86. The van der Waals surface area contributed by atoms with Gasteiger partial charge in [-0.15, -0.1) is 5.10 Å². The zero-order chi connectivity index (χ0) is 19.8. The molecule has 0 bridgehead atoms. The number of halogens is 2. The lowest BCUT2D eigenvalue weighted by molar-refractivity contribution is 0.599. The number of aromatic nitrogens is 3. The minimum absolute atomic E-state index is 0.0162. The molecule has 1 N–H and O–H groups in total. The number of rotatable bonds is 5. The molecule has 142 valence electrons. The summed E-state index contributed by atoms with van der Waals surface area (Å²) in [5.41, 5.74) is 3.03. The molecule has 1 heterocycles. The van der Waals surface area contributed by atoms with Crippen molar-refractivity contribution in [1.29, 1.82) is 0 Å². The second-order valence-corrected chi connectivity index (χ2v) is 8.73. The molecule has 0 fully saturated rings. The highest BCUT2D eigenvalue weighted by Gasteiger charge is 2.21. The van der Waals surface area contributed by atoms with Gasteiger partial charge in [-0.25, -0.2) is 17.8 Å². The Hall–Kier alpha value is -2.09. The number of nitrogens with zero attached hydrogens (tertiary/aromatic N) is 3. The summed E-state index contributed by atoms with van der Waals surface area (Å²) in [6, 6.07) is 8.86. The summed E-state index contributed by atoms with van der Waals surface area (Å²) in [4.78, 5) is 4.27. The largest absolute Gasteiger partial charge is 0.264 e. The van der Waals surface area contributed by atoms with Gasteiger partial charge in [-0.2, -0.15) is 4.98 Å². The van der Waals surface area contributed by atoms with Crippen molar-refractivity contribution in [3.05, 3.63) is 69.0 Å². The maximum atomic E-state index is 12.8. The molecule has 1 aromatic heterocycles. The molecule has 0 aliphatic rings. The van der Waals surface area contributed by atoms with Crippen LogP contribution in [-0.2, 0) is 16.6 Å². The third-order valence-electron chi connectivity index (χ3n) is 4.02. The Morgan fingerprint density at radius 2 is 1.67 bits per heavy atom. The van der Waals surface area contributed by atoms with Gasteiger partial charge in [-0.1, -0.05) is 47.0 Å². The van der Waals surface area contributed by atoms with E-state index in [4.69, 9.17) is 23.2 Å². The highest BCUT2D eigenvalue weighted by Crippen LogP contribution is 2.26. The molecule has 0 radical (unpaired) electrons. The standard InChI is InChI=1S/C18H18Cl2N4O2S/c1-11-7-12(2)17(13(3)8-11)27(25,26)23-18-21-10-24(22-18)9-14-15(19)5-4-6-16(14)20/h4-8,10H,9H2,1-3H3,(H,22,23). The van der Waals surface area contributed by atoms with E-state index in [9.17, 15) is 8.42 Å². The van der Waals surface area contributed by atoms with Gasteiger partial charge < -0.3 is 0 Å². The molecule has 3 rings (SSSR count). The summed E-state index contributed by atoms with van der Waals surface area (Å²) in [6.45, 7) is 5.72. The molecule has 0 unspecified atom stereocenters. The maximum absolute atomic E-state index is 12.8. The van der Waals surface area contributed by atoms with E-state index in [1.165, 1.54) is 11.0 Å². The van der Waals surface area contributed by atoms with Gasteiger partial charge in [0.25, 0.3) is 16.0 Å². The van der Waals surface area contributed by atoms with Gasteiger partial charge >= 0.3 is 0 Å². The van der Waals surface area contributed by atoms with E-state index in [0.717, 1.165) is 5.56 Å². The molecular formula is C18H18Cl2N4O2S. The Labute approximate surface area is 168 Å². The van der Waals surface area contributed by atoms with Gasteiger partial charge in [0.2, 0.25) is 0 Å². The van der Waals surface area contributed by atoms with Crippen LogP contribution in [0.3, 0.4) is 0 Å². The third kappa shape index (κ3) is 4.26. The first-order chi connectivity index (χ1) is 12.7. The minimum atomic E-state index is -3.81. The first kappa shape index (κ1) is 19.7. The summed E-state index contributed by atoms with van der Waals surface area (Å²) >= 11 is 12.3. The lowest BCUT2D eigenvalue weighted by Crippen LogP contribution is -2.17. The van der Waals surface area contributed by atoms with Crippen molar-refractivity contribution < 1.29 is 8.42 Å². The van der Waals surface area contributed by atoms with E-state index in [1.54, 1.807) is 32.0 Å². The molecule has 9 heteroatoms. The van der Waals surface area contributed by atoms with Crippen LogP contribution in [0.4, 0.5) is 5.95 Å². The highest BCUT2D eigenvalue weighted by molar-refractivity contribution is 7.92. The molecule has 3 aromatic rings. The van der Waals surface area contributed by atoms with Crippen LogP contribution in [0.15, 0.2) is 41.6 Å². The van der Waals surface area contributed by atoms with Crippen LogP contribution < -0.4 is 4.72 Å². The number of benzene rings is 2. The third-order valence-corrected chi connectivity index (χ3v) is 6.36. The topological polar surface area (TPSA) is 76.9 Å². The zero-order valence-corrected chi connectivity index (χ0v) is 17.3. The van der Waals surface area contributed by atoms with Crippen molar-refractivity contribution in [3.63, 3.8) is 0 Å². The van der Waals surface area contributed by atoms with Crippen LogP contribution in [0.2, 0.25) is 10.0 Å². The summed E-state index contributed by atoms with van der Waals surface area (Å²) < 4.78 is 29.5. The molecule has 6 nitrogen and oxygen atoms in total. The van der Waals surface area contributed by atoms with Crippen molar-refractivity contribution in [1.82, 2.24) is 14.8 Å². The fraction of sp³-hybridized carbons (Fsp3) is 0.222. The van der Waals surface area contributed by atoms with Crippen molar-refractivity contribution in [3.8, 4) is 0 Å². The van der Waals surface area contributed by atoms with Crippen molar-refractivity contribution in [2.75, 3.05) is 4.72 Å². The second kappa shape index (κ2) is 7.50. The van der Waals surface area contributed by atoms with Gasteiger partial charge in [0.05, 0.1) is 11.4 Å². The Kier molecular flexibility index (Phi) is 5.46. The zero-order valence-electron chi connectivity index (χ0n) is 15.0. The van der Waals surface area contributed by atoms with Crippen molar-refractivity contribution >= 4 is 39.2 Å². The number of hydrogen-bond acceptors (Lipinski definition) is 4. The average molecular weight is 425 g/mol. The Morgan fingerprint density at radius 3 is 2.26 bits per heavy atom. The maximum Gasteiger partial charge on any atom is 0.264 e. The first-order valence-electron chi connectivity index (χ1n) is 8.10. The van der Waals surface area contributed by atoms with E-state index in [-0.39, 0.29) is 17.4 Å². The van der Waals surface area contributed by atoms with Gasteiger partial charge in [0.15, 0.2) is 0 Å². The van der Waals surface area contributed by atoms with Gasteiger partial charge in [-0.05, 0) is 44.0 Å². The number of nitrogens with one attached hydrogen (secondary N) is 1. The number of aryl methyl sites for hydroxylation is 3. The predicted molar refractivity (Wildman–Crippen MR) is 107 cm³/mol. The lowest BCUT2D eigenvalue weighted by atomic mass is 10.1. The van der Waals surface area contributed by atoms with Crippen molar-refractivity contribution in [2.45, 2.75) is 32.2 Å². The van der Waals surface area contributed by atoms with Crippen molar-refractivity contribution in [2.24, 2.45) is 0 Å². The number of sulfonamides is 1. The van der Waals surface area contributed by atoms with Crippen LogP contribution in [0.25, 0.3) is 0 Å². The van der Waals surface area contributed by atoms with Crippen LogP contribution in [0, 0.1) is 20.8 Å². The molecule has 0 saturated carbocycles. The van der Waals surface area contributed by atoms with E-state index < -0.39 is 10.0 Å². The molecule has 0 aliphatic carbocycles. The smallest absolute Gasteiger partial charge is 0.246 e. The van der Waals surface area contributed by atoms with E-state index >= 15 is 0 Å². The lowest BCUT2D eigenvalue weighted by Gasteiger charge is -2.12. The average Bonchev–Trinajstić information content (AvgIpc) is 2.96. The quantitative estimate of drug-likeness (QED) is 0.659.